The van der Waals surface area contributed by atoms with Gasteiger partial charge in [-0.3, -0.25) is 4.79 Å². The summed E-state index contributed by atoms with van der Waals surface area (Å²) in [6.45, 7) is 3.93. The van der Waals surface area contributed by atoms with Gasteiger partial charge in [0.05, 0.1) is 6.04 Å². The summed E-state index contributed by atoms with van der Waals surface area (Å²) in [6.07, 6.45) is 5.49. The average Bonchev–Trinajstić information content (AvgIpc) is 3.32. The Kier molecular flexibility index (Phi) is 4.06. The van der Waals surface area contributed by atoms with Crippen molar-refractivity contribution < 1.29 is 4.79 Å². The van der Waals surface area contributed by atoms with Crippen LogP contribution in [0.25, 0.3) is 0 Å². The van der Waals surface area contributed by atoms with Crippen LogP contribution in [0.1, 0.15) is 43.7 Å². The summed E-state index contributed by atoms with van der Waals surface area (Å²) in [7, 11) is 0. The van der Waals surface area contributed by atoms with E-state index in [0.717, 1.165) is 32.4 Å². The largest absolute Gasteiger partial charge is 0.338 e. The summed E-state index contributed by atoms with van der Waals surface area (Å²) >= 11 is 0. The van der Waals surface area contributed by atoms with E-state index in [4.69, 9.17) is 0 Å². The lowest BCUT2D eigenvalue weighted by Gasteiger charge is -2.31. The Morgan fingerprint density at radius 2 is 2.05 bits per heavy atom. The molecule has 0 unspecified atom stereocenters. The second kappa shape index (κ2) is 5.96. The van der Waals surface area contributed by atoms with Gasteiger partial charge in [-0.15, -0.1) is 0 Å². The highest BCUT2D eigenvalue weighted by Crippen LogP contribution is 2.28. The number of carbonyl (C=O) groups excluding carboxylic acids is 1. The molecule has 0 radical (unpaired) electrons. The lowest BCUT2D eigenvalue weighted by molar-refractivity contribution is -0.134. The molecular formula is C17H24N2O. The van der Waals surface area contributed by atoms with Gasteiger partial charge in [0.25, 0.3) is 0 Å². The van der Waals surface area contributed by atoms with E-state index in [0.29, 0.717) is 11.9 Å². The number of amides is 1. The van der Waals surface area contributed by atoms with E-state index in [1.807, 2.05) is 0 Å². The van der Waals surface area contributed by atoms with E-state index >= 15 is 0 Å². The third-order valence-corrected chi connectivity index (χ3v) is 4.40. The number of unbranched alkanes of at least 4 members (excludes halogenated alkanes) is 1. The third-order valence-electron chi connectivity index (χ3n) is 4.40. The second-order valence-electron chi connectivity index (χ2n) is 6.02. The lowest BCUT2D eigenvalue weighted by atomic mass is 9.95. The van der Waals surface area contributed by atoms with E-state index in [9.17, 15) is 4.79 Å². The van der Waals surface area contributed by atoms with Crippen molar-refractivity contribution in [2.45, 2.75) is 57.7 Å². The van der Waals surface area contributed by atoms with E-state index in [1.54, 1.807) is 0 Å². The molecule has 0 saturated heterocycles. The molecule has 0 bridgehead atoms. The Labute approximate surface area is 121 Å². The van der Waals surface area contributed by atoms with Gasteiger partial charge >= 0.3 is 0 Å². The van der Waals surface area contributed by atoms with Crippen molar-refractivity contribution in [1.82, 2.24) is 10.2 Å². The van der Waals surface area contributed by atoms with Crippen molar-refractivity contribution >= 4 is 5.91 Å². The van der Waals surface area contributed by atoms with Gasteiger partial charge in [-0.25, -0.2) is 0 Å². The zero-order chi connectivity index (χ0) is 13.9. The normalized spacial score (nSPS) is 21.4. The molecule has 1 atom stereocenters. The molecule has 1 aromatic rings. The molecule has 3 rings (SSSR count). The number of carbonyl (C=O) groups is 1. The number of benzene rings is 1. The first kappa shape index (κ1) is 13.6. The molecular weight excluding hydrogens is 248 g/mol. The van der Waals surface area contributed by atoms with Crippen LogP contribution < -0.4 is 5.32 Å². The molecule has 20 heavy (non-hydrogen) atoms. The molecule has 3 heteroatoms. The summed E-state index contributed by atoms with van der Waals surface area (Å²) in [5, 5.41) is 3.42. The quantitative estimate of drug-likeness (QED) is 0.893. The highest BCUT2D eigenvalue weighted by Gasteiger charge is 2.36. The molecule has 1 aliphatic carbocycles. The first-order chi connectivity index (χ1) is 9.79. The summed E-state index contributed by atoms with van der Waals surface area (Å²) < 4.78 is 0. The maximum absolute atomic E-state index is 12.8. The Balaban J connectivity index is 1.68. The molecule has 1 saturated carbocycles. The topological polar surface area (TPSA) is 32.3 Å². The van der Waals surface area contributed by atoms with Crippen LogP contribution in [0.3, 0.4) is 0 Å². The van der Waals surface area contributed by atoms with Crippen LogP contribution in [0.4, 0.5) is 0 Å². The Hall–Kier alpha value is -1.35. The zero-order valence-corrected chi connectivity index (χ0v) is 12.3. The number of hydrogen-bond acceptors (Lipinski definition) is 2. The van der Waals surface area contributed by atoms with Crippen molar-refractivity contribution in [3.05, 3.63) is 35.4 Å². The first-order valence-corrected chi connectivity index (χ1v) is 7.90. The number of hydrogen-bond donors (Lipinski definition) is 1. The molecule has 1 aliphatic heterocycles. The molecule has 1 fully saturated rings. The van der Waals surface area contributed by atoms with Crippen molar-refractivity contribution in [1.29, 1.82) is 0 Å². The van der Waals surface area contributed by atoms with Gasteiger partial charge in [-0.05, 0) is 36.8 Å². The van der Waals surface area contributed by atoms with Crippen molar-refractivity contribution in [3.63, 3.8) is 0 Å². The van der Waals surface area contributed by atoms with Crippen LogP contribution in [-0.2, 0) is 17.8 Å². The highest BCUT2D eigenvalue weighted by atomic mass is 16.2. The summed E-state index contributed by atoms with van der Waals surface area (Å²) in [4.78, 5) is 14.9. The van der Waals surface area contributed by atoms with Gasteiger partial charge in [0.2, 0.25) is 5.91 Å². The van der Waals surface area contributed by atoms with Gasteiger partial charge in [-0.1, -0.05) is 37.6 Å². The predicted octanol–water partition coefficient (Wildman–Crippen LogP) is 2.49. The zero-order valence-electron chi connectivity index (χ0n) is 12.3. The molecule has 1 N–H and O–H groups in total. The molecule has 1 aromatic carbocycles. The van der Waals surface area contributed by atoms with E-state index in [1.165, 1.54) is 24.0 Å². The van der Waals surface area contributed by atoms with Crippen LogP contribution in [0, 0.1) is 0 Å². The standard InChI is InChI=1S/C17H24N2O/c1-2-3-10-19(15-8-9-15)17(20)16-11-13-6-4-5-7-14(13)12-18-16/h4-7,15-16,18H,2-3,8-12H2,1H3/t16-/m1/s1. The molecule has 3 nitrogen and oxygen atoms in total. The smallest absolute Gasteiger partial charge is 0.240 e. The van der Waals surface area contributed by atoms with Crippen LogP contribution >= 0.6 is 0 Å². The molecule has 1 amide bonds. The van der Waals surface area contributed by atoms with Gasteiger partial charge < -0.3 is 10.2 Å². The fraction of sp³-hybridized carbons (Fsp3) is 0.588. The number of nitrogens with zero attached hydrogens (tertiary/aromatic N) is 1. The van der Waals surface area contributed by atoms with E-state index < -0.39 is 0 Å². The minimum atomic E-state index is -0.0256. The van der Waals surface area contributed by atoms with Crippen LogP contribution in [0.5, 0.6) is 0 Å². The fourth-order valence-electron chi connectivity index (χ4n) is 3.02. The third kappa shape index (κ3) is 2.88. The Morgan fingerprint density at radius 3 is 2.75 bits per heavy atom. The second-order valence-corrected chi connectivity index (χ2v) is 6.02. The lowest BCUT2D eigenvalue weighted by Crippen LogP contribution is -2.50. The highest BCUT2D eigenvalue weighted by molar-refractivity contribution is 5.83. The maximum atomic E-state index is 12.8. The van der Waals surface area contributed by atoms with Gasteiger partial charge in [0.1, 0.15) is 0 Å². The van der Waals surface area contributed by atoms with Gasteiger partial charge in [-0.2, -0.15) is 0 Å². The molecule has 1 heterocycles. The molecule has 0 spiro atoms. The maximum Gasteiger partial charge on any atom is 0.240 e. The van der Waals surface area contributed by atoms with E-state index in [2.05, 4.69) is 41.4 Å². The number of rotatable bonds is 5. The fourth-order valence-corrected chi connectivity index (χ4v) is 3.02. The van der Waals surface area contributed by atoms with Gasteiger partial charge in [0.15, 0.2) is 0 Å². The molecule has 108 valence electrons. The van der Waals surface area contributed by atoms with Crippen LogP contribution in [0.15, 0.2) is 24.3 Å². The van der Waals surface area contributed by atoms with Crippen molar-refractivity contribution in [2.75, 3.05) is 6.54 Å². The summed E-state index contributed by atoms with van der Waals surface area (Å²) in [6, 6.07) is 8.94. The Morgan fingerprint density at radius 1 is 1.30 bits per heavy atom. The predicted molar refractivity (Wildman–Crippen MR) is 80.4 cm³/mol. The first-order valence-electron chi connectivity index (χ1n) is 7.90. The molecule has 2 aliphatic rings. The van der Waals surface area contributed by atoms with Crippen molar-refractivity contribution in [3.8, 4) is 0 Å². The van der Waals surface area contributed by atoms with Gasteiger partial charge in [0, 0.05) is 19.1 Å². The summed E-state index contributed by atoms with van der Waals surface area (Å²) in [5.74, 6) is 0.315. The Bertz CT molecular complexity index is 482. The average molecular weight is 272 g/mol. The van der Waals surface area contributed by atoms with E-state index in [-0.39, 0.29) is 6.04 Å². The molecule has 0 aromatic heterocycles. The van der Waals surface area contributed by atoms with Crippen molar-refractivity contribution in [2.24, 2.45) is 0 Å². The number of nitrogens with one attached hydrogen (secondary N) is 1. The summed E-state index contributed by atoms with van der Waals surface area (Å²) in [5.41, 5.74) is 2.67. The SMILES string of the molecule is CCCCN(C(=O)[C@H]1Cc2ccccc2CN1)C1CC1. The van der Waals surface area contributed by atoms with Crippen LogP contribution in [0.2, 0.25) is 0 Å². The van der Waals surface area contributed by atoms with Crippen LogP contribution in [-0.4, -0.2) is 29.4 Å². The number of fused-ring (bicyclic) bond motifs is 1. The monoisotopic (exact) mass is 272 g/mol. The minimum Gasteiger partial charge on any atom is -0.338 e. The minimum absolute atomic E-state index is 0.0256.